The van der Waals surface area contributed by atoms with Crippen LogP contribution in [0.5, 0.6) is 0 Å². The van der Waals surface area contributed by atoms with Gasteiger partial charge in [0.2, 0.25) is 5.90 Å². The third-order valence-electron chi connectivity index (χ3n) is 2.72. The first-order chi connectivity index (χ1) is 7.15. The minimum Gasteiger partial charge on any atom is -0.482 e. The average molecular weight is 211 g/mol. The van der Waals surface area contributed by atoms with Crippen LogP contribution < -0.4 is 5.32 Å². The summed E-state index contributed by atoms with van der Waals surface area (Å²) in [4.78, 5) is 23.4. The number of carbonyl (C=O) groups is 2. The summed E-state index contributed by atoms with van der Waals surface area (Å²) < 4.78 is 5.07. The summed E-state index contributed by atoms with van der Waals surface area (Å²) in [5, 5.41) is 8.21. The summed E-state index contributed by atoms with van der Waals surface area (Å²) in [7, 11) is 3.01. The number of fused-ring (bicyclic) bond motifs is 1. The van der Waals surface area contributed by atoms with Crippen LogP contribution in [-0.4, -0.2) is 49.3 Å². The number of ketones is 1. The third-order valence-corrected chi connectivity index (χ3v) is 2.72. The lowest BCUT2D eigenvalue weighted by molar-refractivity contribution is -0.143. The molecular weight excluding hydrogens is 198 g/mol. The molecule has 6 heteroatoms. The fraction of sp³-hybridized carbons (Fsp3) is 0.667. The second-order valence-electron chi connectivity index (χ2n) is 3.63. The molecule has 6 nitrogen and oxygen atoms in total. The Morgan fingerprint density at radius 2 is 2.27 bits per heavy atom. The van der Waals surface area contributed by atoms with Gasteiger partial charge in [0.1, 0.15) is 17.7 Å². The maximum Gasteiger partial charge on any atom is 0.255 e. The number of ether oxygens (including phenoxy) is 1. The summed E-state index contributed by atoms with van der Waals surface area (Å²) >= 11 is 0. The summed E-state index contributed by atoms with van der Waals surface area (Å²) in [6.07, 6.45) is 0.387. The molecule has 2 heterocycles. The van der Waals surface area contributed by atoms with Crippen molar-refractivity contribution in [2.75, 3.05) is 20.7 Å². The predicted molar refractivity (Wildman–Crippen MR) is 52.1 cm³/mol. The summed E-state index contributed by atoms with van der Waals surface area (Å²) in [5.74, 6) is -0.579. The fourth-order valence-electron chi connectivity index (χ4n) is 1.95. The van der Waals surface area contributed by atoms with Crippen molar-refractivity contribution in [3.63, 3.8) is 0 Å². The quantitative estimate of drug-likeness (QED) is 0.520. The van der Waals surface area contributed by atoms with Crippen molar-refractivity contribution in [3.05, 3.63) is 0 Å². The Kier molecular flexibility index (Phi) is 2.44. The number of methoxy groups -OCH3 is 1. The highest BCUT2D eigenvalue weighted by atomic mass is 16.5. The molecule has 1 saturated heterocycles. The molecule has 2 atom stereocenters. The van der Waals surface area contributed by atoms with Crippen molar-refractivity contribution in [2.45, 2.75) is 12.5 Å². The van der Waals surface area contributed by atoms with E-state index in [1.54, 1.807) is 0 Å². The van der Waals surface area contributed by atoms with Crippen LogP contribution in [0.4, 0.5) is 0 Å². The maximum absolute atomic E-state index is 11.7. The standard InChI is InChI=1S/C9H13N3O3/c1-12-9(14)6-5(13)3-4-10-7(6)8(11-12)15-2/h6-7,10H,3-4H2,1-2H3. The van der Waals surface area contributed by atoms with Gasteiger partial charge in [0.25, 0.3) is 5.91 Å². The minimum atomic E-state index is -0.670. The number of nitrogens with one attached hydrogen (secondary N) is 1. The van der Waals surface area contributed by atoms with Crippen LogP contribution in [0.3, 0.4) is 0 Å². The molecule has 0 saturated carbocycles. The Bertz CT molecular complexity index is 339. The lowest BCUT2D eigenvalue weighted by Crippen LogP contribution is -2.59. The number of hydrazone groups is 1. The van der Waals surface area contributed by atoms with Crippen LogP contribution in [0.25, 0.3) is 0 Å². The molecule has 2 aliphatic rings. The van der Waals surface area contributed by atoms with Crippen molar-refractivity contribution in [3.8, 4) is 0 Å². The molecule has 82 valence electrons. The molecule has 0 bridgehead atoms. The van der Waals surface area contributed by atoms with Crippen molar-refractivity contribution in [1.29, 1.82) is 0 Å². The van der Waals surface area contributed by atoms with Crippen LogP contribution in [0.15, 0.2) is 5.10 Å². The Balaban J connectivity index is 2.36. The van der Waals surface area contributed by atoms with E-state index in [0.717, 1.165) is 0 Å². The number of carbonyl (C=O) groups excluding carboxylic acids is 2. The number of rotatable bonds is 0. The van der Waals surface area contributed by atoms with E-state index in [2.05, 4.69) is 10.4 Å². The summed E-state index contributed by atoms with van der Waals surface area (Å²) in [6, 6.07) is -0.389. The van der Waals surface area contributed by atoms with Crippen molar-refractivity contribution in [1.82, 2.24) is 10.3 Å². The van der Waals surface area contributed by atoms with Gasteiger partial charge in [-0.1, -0.05) is 0 Å². The van der Waals surface area contributed by atoms with Crippen LogP contribution in [0, 0.1) is 5.92 Å². The van der Waals surface area contributed by atoms with E-state index in [0.29, 0.717) is 18.9 Å². The zero-order valence-electron chi connectivity index (χ0n) is 8.69. The molecule has 2 unspecified atom stereocenters. The van der Waals surface area contributed by atoms with Crippen molar-refractivity contribution in [2.24, 2.45) is 11.0 Å². The van der Waals surface area contributed by atoms with Gasteiger partial charge < -0.3 is 10.1 Å². The van der Waals surface area contributed by atoms with E-state index in [9.17, 15) is 9.59 Å². The first kappa shape index (κ1) is 10.1. The first-order valence-corrected chi connectivity index (χ1v) is 4.81. The number of nitrogens with zero attached hydrogens (tertiary/aromatic N) is 2. The van der Waals surface area contributed by atoms with Gasteiger partial charge in [0.05, 0.1) is 7.11 Å². The molecule has 0 aromatic heterocycles. The van der Waals surface area contributed by atoms with Crippen molar-refractivity contribution < 1.29 is 14.3 Å². The summed E-state index contributed by atoms with van der Waals surface area (Å²) in [6.45, 7) is 0.569. The van der Waals surface area contributed by atoms with Gasteiger partial charge in [0, 0.05) is 20.0 Å². The topological polar surface area (TPSA) is 71.0 Å². The van der Waals surface area contributed by atoms with Gasteiger partial charge in [0.15, 0.2) is 0 Å². The number of piperidine rings is 1. The molecule has 0 radical (unpaired) electrons. The second kappa shape index (κ2) is 3.62. The molecule has 0 aromatic rings. The first-order valence-electron chi connectivity index (χ1n) is 4.81. The number of amides is 1. The molecule has 2 aliphatic heterocycles. The lowest BCUT2D eigenvalue weighted by atomic mass is 9.87. The highest BCUT2D eigenvalue weighted by molar-refractivity contribution is 6.09. The van der Waals surface area contributed by atoms with Gasteiger partial charge in [-0.25, -0.2) is 5.01 Å². The number of hydrogen-bond acceptors (Lipinski definition) is 5. The Morgan fingerprint density at radius 1 is 1.53 bits per heavy atom. The maximum atomic E-state index is 11.7. The van der Waals surface area contributed by atoms with E-state index in [4.69, 9.17) is 4.74 Å². The molecule has 15 heavy (non-hydrogen) atoms. The van der Waals surface area contributed by atoms with E-state index in [-0.39, 0.29) is 17.7 Å². The largest absolute Gasteiger partial charge is 0.482 e. The second-order valence-corrected chi connectivity index (χ2v) is 3.63. The zero-order valence-corrected chi connectivity index (χ0v) is 8.69. The van der Waals surface area contributed by atoms with E-state index in [1.807, 2.05) is 0 Å². The molecule has 1 N–H and O–H groups in total. The van der Waals surface area contributed by atoms with Gasteiger partial charge in [-0.3, -0.25) is 9.59 Å². The van der Waals surface area contributed by atoms with Gasteiger partial charge in [-0.05, 0) is 0 Å². The third kappa shape index (κ3) is 1.50. The Morgan fingerprint density at radius 3 is 2.93 bits per heavy atom. The lowest BCUT2D eigenvalue weighted by Gasteiger charge is -2.35. The minimum absolute atomic E-state index is 0.0416. The average Bonchev–Trinajstić information content (AvgIpc) is 2.23. The molecule has 0 spiro atoms. The monoisotopic (exact) mass is 211 g/mol. The molecular formula is C9H13N3O3. The normalized spacial score (nSPS) is 31.1. The number of Topliss-reactive ketones (excluding diaryl/α,β-unsaturated/α-hetero) is 1. The predicted octanol–water partition coefficient (Wildman–Crippen LogP) is -1.03. The van der Waals surface area contributed by atoms with Crippen molar-refractivity contribution >= 4 is 17.6 Å². The van der Waals surface area contributed by atoms with E-state index < -0.39 is 5.92 Å². The van der Waals surface area contributed by atoms with Crippen LogP contribution in [0.2, 0.25) is 0 Å². The molecule has 0 aromatic carbocycles. The van der Waals surface area contributed by atoms with Gasteiger partial charge >= 0.3 is 0 Å². The van der Waals surface area contributed by atoms with E-state index >= 15 is 0 Å². The molecule has 0 aliphatic carbocycles. The fourth-order valence-corrected chi connectivity index (χ4v) is 1.95. The number of hydrogen-bond donors (Lipinski definition) is 1. The SMILES string of the molecule is COC1=NN(C)C(=O)C2C(=O)CCNC12. The Hall–Kier alpha value is -1.43. The van der Waals surface area contributed by atoms with Gasteiger partial charge in [-0.15, -0.1) is 5.10 Å². The van der Waals surface area contributed by atoms with Gasteiger partial charge in [-0.2, -0.15) is 0 Å². The Labute approximate surface area is 87.3 Å². The highest BCUT2D eigenvalue weighted by Gasteiger charge is 2.45. The van der Waals surface area contributed by atoms with E-state index in [1.165, 1.54) is 19.2 Å². The van der Waals surface area contributed by atoms with Crippen LogP contribution >= 0.6 is 0 Å². The molecule has 2 rings (SSSR count). The zero-order chi connectivity index (χ0) is 11.0. The smallest absolute Gasteiger partial charge is 0.255 e. The summed E-state index contributed by atoms with van der Waals surface area (Å²) in [5.41, 5.74) is 0. The highest BCUT2D eigenvalue weighted by Crippen LogP contribution is 2.21. The molecule has 1 amide bonds. The van der Waals surface area contributed by atoms with Crippen LogP contribution in [-0.2, 0) is 14.3 Å². The molecule has 1 fully saturated rings. The van der Waals surface area contributed by atoms with Crippen LogP contribution in [0.1, 0.15) is 6.42 Å².